The second-order valence-corrected chi connectivity index (χ2v) is 4.20. The van der Waals surface area contributed by atoms with Gasteiger partial charge in [-0.1, -0.05) is 0 Å². The first-order chi connectivity index (χ1) is 7.27. The summed E-state index contributed by atoms with van der Waals surface area (Å²) in [4.78, 5) is 1.65. The third kappa shape index (κ3) is 2.29. The van der Waals surface area contributed by atoms with Gasteiger partial charge in [-0.3, -0.25) is 0 Å². The molecule has 0 bridgehead atoms. The molecule has 0 aromatic carbocycles. The van der Waals surface area contributed by atoms with Gasteiger partial charge in [-0.2, -0.15) is 9.65 Å². The summed E-state index contributed by atoms with van der Waals surface area (Å²) < 4.78 is 59.3. The molecule has 1 heterocycles. The minimum Gasteiger partial charge on any atom is -0.224 e. The SMILES string of the molecule is N#Cc1nc(F)c(S(N)(=O)=O)cc1C(F)F. The molecule has 0 aliphatic heterocycles. The van der Waals surface area contributed by atoms with Gasteiger partial charge < -0.3 is 0 Å². The molecule has 0 spiro atoms. The molecule has 16 heavy (non-hydrogen) atoms. The topological polar surface area (TPSA) is 96.8 Å². The molecular formula is C7H4F3N3O2S. The van der Waals surface area contributed by atoms with Gasteiger partial charge in [0.2, 0.25) is 16.0 Å². The second-order valence-electron chi connectivity index (χ2n) is 2.67. The Hall–Kier alpha value is -1.66. The number of hydrogen-bond acceptors (Lipinski definition) is 4. The number of halogens is 3. The van der Waals surface area contributed by atoms with E-state index in [1.807, 2.05) is 0 Å². The van der Waals surface area contributed by atoms with Crippen LogP contribution < -0.4 is 5.14 Å². The zero-order chi connectivity index (χ0) is 12.5. The van der Waals surface area contributed by atoms with E-state index in [2.05, 4.69) is 10.1 Å². The highest BCUT2D eigenvalue weighted by molar-refractivity contribution is 7.89. The van der Waals surface area contributed by atoms with Crippen molar-refractivity contribution in [2.75, 3.05) is 0 Å². The summed E-state index contributed by atoms with van der Waals surface area (Å²) in [5.41, 5.74) is -1.85. The lowest BCUT2D eigenvalue weighted by molar-refractivity contribution is 0.150. The summed E-state index contributed by atoms with van der Waals surface area (Å²) in [6, 6.07) is 1.54. The van der Waals surface area contributed by atoms with Crippen LogP contribution in [0.1, 0.15) is 17.7 Å². The van der Waals surface area contributed by atoms with Crippen LogP contribution >= 0.6 is 0 Å². The van der Waals surface area contributed by atoms with Crippen molar-refractivity contribution in [3.05, 3.63) is 23.3 Å². The number of aromatic nitrogens is 1. The van der Waals surface area contributed by atoms with E-state index >= 15 is 0 Å². The maximum Gasteiger partial charge on any atom is 0.266 e. The fraction of sp³-hybridized carbons (Fsp3) is 0.143. The predicted octanol–water partition coefficient (Wildman–Crippen LogP) is 0.677. The largest absolute Gasteiger partial charge is 0.266 e. The molecule has 5 nitrogen and oxygen atoms in total. The van der Waals surface area contributed by atoms with Crippen molar-refractivity contribution in [2.24, 2.45) is 5.14 Å². The van der Waals surface area contributed by atoms with Crippen LogP contribution in [0.25, 0.3) is 0 Å². The first-order valence-corrected chi connectivity index (χ1v) is 5.23. The van der Waals surface area contributed by atoms with Crippen LogP contribution in [0.2, 0.25) is 0 Å². The Balaban J connectivity index is 3.60. The Labute approximate surface area is 88.4 Å². The zero-order valence-electron chi connectivity index (χ0n) is 7.49. The molecule has 0 saturated carbocycles. The summed E-state index contributed by atoms with van der Waals surface area (Å²) in [6.45, 7) is 0. The predicted molar refractivity (Wildman–Crippen MR) is 45.2 cm³/mol. The molecule has 0 unspecified atom stereocenters. The quantitative estimate of drug-likeness (QED) is 0.781. The van der Waals surface area contributed by atoms with Gasteiger partial charge in [0, 0.05) is 0 Å². The Morgan fingerprint density at radius 1 is 1.50 bits per heavy atom. The van der Waals surface area contributed by atoms with Gasteiger partial charge >= 0.3 is 0 Å². The number of rotatable bonds is 2. The molecule has 0 radical (unpaired) electrons. The number of hydrogen-bond donors (Lipinski definition) is 1. The number of nitriles is 1. The van der Waals surface area contributed by atoms with Crippen molar-refractivity contribution in [1.29, 1.82) is 5.26 Å². The van der Waals surface area contributed by atoms with E-state index in [-0.39, 0.29) is 0 Å². The van der Waals surface area contributed by atoms with Crippen LogP contribution in [0.4, 0.5) is 13.2 Å². The molecule has 0 aliphatic rings. The van der Waals surface area contributed by atoms with Gasteiger partial charge in [0.1, 0.15) is 11.0 Å². The lowest BCUT2D eigenvalue weighted by atomic mass is 10.2. The van der Waals surface area contributed by atoms with E-state index in [1.54, 1.807) is 0 Å². The molecule has 0 aliphatic carbocycles. The summed E-state index contributed by atoms with van der Waals surface area (Å²) in [6.07, 6.45) is -3.15. The minimum absolute atomic E-state index is 0.306. The van der Waals surface area contributed by atoms with E-state index < -0.39 is 38.5 Å². The Bertz CT molecular complexity index is 565. The number of nitrogens with two attached hydrogens (primary N) is 1. The maximum absolute atomic E-state index is 13.0. The van der Waals surface area contributed by atoms with Gasteiger partial charge in [-0.05, 0) is 6.07 Å². The number of nitrogens with zero attached hydrogens (tertiary/aromatic N) is 2. The van der Waals surface area contributed by atoms with Crippen LogP contribution in [-0.2, 0) is 10.0 Å². The van der Waals surface area contributed by atoms with Crippen molar-refractivity contribution < 1.29 is 21.6 Å². The van der Waals surface area contributed by atoms with E-state index in [1.165, 1.54) is 6.07 Å². The standard InChI is InChI=1S/C7H4F3N3O2S/c8-6(9)3-1-5(16(12,14)15)7(10)13-4(3)2-11/h1,6H,(H2,12,14,15). The van der Waals surface area contributed by atoms with E-state index in [0.717, 1.165) is 0 Å². The fourth-order valence-corrected chi connectivity index (χ4v) is 1.51. The van der Waals surface area contributed by atoms with Gasteiger partial charge in [0.05, 0.1) is 5.56 Å². The average molecular weight is 251 g/mol. The monoisotopic (exact) mass is 251 g/mol. The smallest absolute Gasteiger partial charge is 0.224 e. The highest BCUT2D eigenvalue weighted by atomic mass is 32.2. The Morgan fingerprint density at radius 3 is 2.44 bits per heavy atom. The molecular weight excluding hydrogens is 247 g/mol. The molecule has 1 aromatic rings. The van der Waals surface area contributed by atoms with Crippen molar-refractivity contribution in [3.8, 4) is 6.07 Å². The normalized spacial score (nSPS) is 11.5. The summed E-state index contributed by atoms with van der Waals surface area (Å²) in [5, 5.41) is 13.0. The molecule has 86 valence electrons. The summed E-state index contributed by atoms with van der Waals surface area (Å²) >= 11 is 0. The number of alkyl halides is 2. The minimum atomic E-state index is -4.49. The van der Waals surface area contributed by atoms with Gasteiger partial charge in [-0.25, -0.2) is 27.3 Å². The van der Waals surface area contributed by atoms with Crippen LogP contribution in [0.15, 0.2) is 11.0 Å². The summed E-state index contributed by atoms with van der Waals surface area (Å²) in [5.74, 6) is -1.58. The van der Waals surface area contributed by atoms with Crippen LogP contribution in [0.5, 0.6) is 0 Å². The van der Waals surface area contributed by atoms with Gasteiger partial charge in [0.15, 0.2) is 5.69 Å². The van der Waals surface area contributed by atoms with Crippen molar-refractivity contribution in [2.45, 2.75) is 11.3 Å². The zero-order valence-corrected chi connectivity index (χ0v) is 8.30. The van der Waals surface area contributed by atoms with Crippen molar-refractivity contribution >= 4 is 10.0 Å². The highest BCUT2D eigenvalue weighted by Crippen LogP contribution is 2.25. The molecule has 1 aromatic heterocycles. The van der Waals surface area contributed by atoms with Gasteiger partial charge in [-0.15, -0.1) is 0 Å². The number of primary sulfonamides is 1. The first kappa shape index (κ1) is 12.4. The molecule has 0 atom stereocenters. The van der Waals surface area contributed by atoms with E-state index in [9.17, 15) is 21.6 Å². The maximum atomic E-state index is 13.0. The lowest BCUT2D eigenvalue weighted by Gasteiger charge is -2.05. The number of sulfonamides is 1. The fourth-order valence-electron chi connectivity index (χ4n) is 0.942. The molecule has 0 fully saturated rings. The third-order valence-corrected chi connectivity index (χ3v) is 2.52. The summed E-state index contributed by atoms with van der Waals surface area (Å²) in [7, 11) is -4.49. The molecule has 0 saturated heterocycles. The van der Waals surface area contributed by atoms with E-state index in [0.29, 0.717) is 6.07 Å². The van der Waals surface area contributed by atoms with Crippen molar-refractivity contribution in [1.82, 2.24) is 4.98 Å². The highest BCUT2D eigenvalue weighted by Gasteiger charge is 2.23. The molecule has 2 N–H and O–H groups in total. The average Bonchev–Trinajstić information content (AvgIpc) is 2.14. The Morgan fingerprint density at radius 2 is 2.06 bits per heavy atom. The Kier molecular flexibility index (Phi) is 3.16. The second kappa shape index (κ2) is 4.07. The molecule has 0 amide bonds. The van der Waals surface area contributed by atoms with Crippen LogP contribution in [-0.4, -0.2) is 13.4 Å². The van der Waals surface area contributed by atoms with Crippen LogP contribution in [0.3, 0.4) is 0 Å². The molecule has 9 heteroatoms. The van der Waals surface area contributed by atoms with Gasteiger partial charge in [0.25, 0.3) is 6.43 Å². The van der Waals surface area contributed by atoms with Crippen molar-refractivity contribution in [3.63, 3.8) is 0 Å². The lowest BCUT2D eigenvalue weighted by Crippen LogP contribution is -2.16. The number of pyridine rings is 1. The third-order valence-electron chi connectivity index (χ3n) is 1.62. The van der Waals surface area contributed by atoms with Crippen LogP contribution in [0, 0.1) is 17.3 Å². The first-order valence-electron chi connectivity index (χ1n) is 3.69. The molecule has 1 rings (SSSR count). The van der Waals surface area contributed by atoms with E-state index in [4.69, 9.17) is 5.26 Å².